The summed E-state index contributed by atoms with van der Waals surface area (Å²) in [6, 6.07) is 3.28. The van der Waals surface area contributed by atoms with Crippen molar-refractivity contribution in [3.05, 3.63) is 46.0 Å². The van der Waals surface area contributed by atoms with Gasteiger partial charge in [-0.2, -0.15) is 0 Å². The smallest absolute Gasteiger partial charge is 0.413 e. The number of nitrogens with zero attached hydrogens (tertiary/aromatic N) is 2. The van der Waals surface area contributed by atoms with Crippen molar-refractivity contribution in [1.82, 2.24) is 10.2 Å². The van der Waals surface area contributed by atoms with Crippen molar-refractivity contribution >= 4 is 23.7 Å². The normalized spacial score (nSPS) is 18.8. The number of nitro benzene ring substituents is 1. The first-order chi connectivity index (χ1) is 15.3. The van der Waals surface area contributed by atoms with E-state index in [2.05, 4.69) is 5.32 Å². The zero-order valence-corrected chi connectivity index (χ0v) is 19.8. The second-order valence-corrected chi connectivity index (χ2v) is 9.35. The molecule has 2 amide bonds. The molecular weight excluding hydrogens is 430 g/mol. The topological polar surface area (TPSA) is 128 Å². The first kappa shape index (κ1) is 25.8. The molecule has 1 heterocycles. The van der Waals surface area contributed by atoms with E-state index in [9.17, 15) is 24.5 Å². The largest absolute Gasteiger partial charge is 0.467 e. The maximum absolute atomic E-state index is 13.5. The molecular formula is C23H31N3O7. The summed E-state index contributed by atoms with van der Waals surface area (Å²) in [4.78, 5) is 50.1. The van der Waals surface area contributed by atoms with Gasteiger partial charge in [0.25, 0.3) is 5.69 Å². The van der Waals surface area contributed by atoms with Crippen molar-refractivity contribution < 1.29 is 28.8 Å². The van der Waals surface area contributed by atoms with Gasteiger partial charge in [-0.1, -0.05) is 32.4 Å². The Morgan fingerprint density at radius 1 is 1.21 bits per heavy atom. The zero-order valence-electron chi connectivity index (χ0n) is 19.8. The van der Waals surface area contributed by atoms with Gasteiger partial charge in [0, 0.05) is 18.7 Å². The van der Waals surface area contributed by atoms with Gasteiger partial charge in [0.2, 0.25) is 5.91 Å². The lowest BCUT2D eigenvalue weighted by Crippen LogP contribution is -2.57. The van der Waals surface area contributed by atoms with Gasteiger partial charge in [0.1, 0.15) is 17.8 Å². The Morgan fingerprint density at radius 2 is 1.82 bits per heavy atom. The molecule has 0 spiro atoms. The van der Waals surface area contributed by atoms with Gasteiger partial charge in [-0.05, 0) is 43.7 Å². The van der Waals surface area contributed by atoms with Crippen LogP contribution in [0.5, 0.6) is 5.75 Å². The van der Waals surface area contributed by atoms with Crippen LogP contribution in [0.2, 0.25) is 0 Å². The highest BCUT2D eigenvalue weighted by molar-refractivity contribution is 5.91. The Kier molecular flexibility index (Phi) is 8.18. The Balaban J connectivity index is 2.21. The van der Waals surface area contributed by atoms with Crippen molar-refractivity contribution in [2.75, 3.05) is 13.7 Å². The van der Waals surface area contributed by atoms with E-state index in [4.69, 9.17) is 9.47 Å². The van der Waals surface area contributed by atoms with E-state index in [1.54, 1.807) is 20.8 Å². The first-order valence-corrected chi connectivity index (χ1v) is 10.6. The Morgan fingerprint density at radius 3 is 2.30 bits per heavy atom. The van der Waals surface area contributed by atoms with Gasteiger partial charge >= 0.3 is 12.1 Å². The van der Waals surface area contributed by atoms with Gasteiger partial charge in [-0.3, -0.25) is 14.9 Å². The number of esters is 1. The molecule has 1 fully saturated rings. The molecule has 180 valence electrons. The monoisotopic (exact) mass is 461 g/mol. The quantitative estimate of drug-likeness (QED) is 0.297. The Hall–Kier alpha value is -3.43. The number of non-ortho nitro benzene ring substituents is 1. The van der Waals surface area contributed by atoms with Crippen molar-refractivity contribution in [2.24, 2.45) is 11.3 Å². The fraction of sp³-hybridized carbons (Fsp3) is 0.522. The number of rotatable bonds is 6. The number of allylic oxidation sites excluding steroid dienone is 1. The fourth-order valence-corrected chi connectivity index (χ4v) is 3.77. The molecule has 1 aliphatic heterocycles. The van der Waals surface area contributed by atoms with Crippen molar-refractivity contribution in [3.63, 3.8) is 0 Å². The number of methoxy groups -OCH3 is 1. The minimum absolute atomic E-state index is 0.00395. The summed E-state index contributed by atoms with van der Waals surface area (Å²) < 4.78 is 10.1. The molecule has 0 aliphatic carbocycles. The third-order valence-electron chi connectivity index (χ3n) is 5.29. The summed E-state index contributed by atoms with van der Waals surface area (Å²) in [7, 11) is 1.28. The third kappa shape index (κ3) is 6.77. The number of hydrogen-bond acceptors (Lipinski definition) is 7. The number of ether oxygens (including phenoxy) is 2. The highest BCUT2D eigenvalue weighted by atomic mass is 16.6. The van der Waals surface area contributed by atoms with Crippen molar-refractivity contribution in [1.29, 1.82) is 0 Å². The maximum Gasteiger partial charge on any atom is 0.413 e. The molecule has 0 saturated carbocycles. The van der Waals surface area contributed by atoms with Crippen LogP contribution in [0.4, 0.5) is 10.5 Å². The van der Waals surface area contributed by atoms with Crippen molar-refractivity contribution in [3.8, 4) is 5.75 Å². The number of hydrogen-bond donors (Lipinski definition) is 1. The van der Waals surface area contributed by atoms with E-state index in [-0.39, 0.29) is 17.4 Å². The summed E-state index contributed by atoms with van der Waals surface area (Å²) in [5.41, 5.74) is 0.246. The lowest BCUT2D eigenvalue weighted by Gasteiger charge is -2.34. The fourth-order valence-electron chi connectivity index (χ4n) is 3.77. The molecule has 1 aromatic carbocycles. The number of likely N-dealkylation sites (tertiary alicyclic amines) is 1. The molecule has 3 atom stereocenters. The maximum atomic E-state index is 13.5. The average Bonchev–Trinajstić information content (AvgIpc) is 3.13. The molecule has 1 aliphatic rings. The molecule has 0 radical (unpaired) electrons. The third-order valence-corrected chi connectivity index (χ3v) is 5.29. The van der Waals surface area contributed by atoms with Crippen LogP contribution in [0.25, 0.3) is 0 Å². The average molecular weight is 462 g/mol. The molecule has 0 aromatic heterocycles. The van der Waals surface area contributed by atoms with Crippen LogP contribution in [0.1, 0.15) is 41.0 Å². The molecule has 10 nitrogen and oxygen atoms in total. The van der Waals surface area contributed by atoms with Gasteiger partial charge < -0.3 is 19.7 Å². The standard InChI is InChI=1S/C23H31N3O7/c1-14(2)11-15-12-18(21(28)32-6)25(13-15)20(27)19(23(3,4)5)24-22(29)33-17-9-7-16(8-10-17)26(30)31/h7-11,15,18-19H,12-13H2,1-6H3,(H,24,29)/t15-,18+,19-/m1/s1. The minimum atomic E-state index is -0.986. The molecule has 1 aromatic rings. The van der Waals surface area contributed by atoms with Crippen LogP contribution in [0.15, 0.2) is 35.9 Å². The molecule has 1 N–H and O–H groups in total. The number of carbonyl (C=O) groups excluding carboxylic acids is 3. The zero-order chi connectivity index (χ0) is 24.9. The highest BCUT2D eigenvalue weighted by Crippen LogP contribution is 2.30. The van der Waals surface area contributed by atoms with Crippen LogP contribution in [-0.4, -0.2) is 53.5 Å². The van der Waals surface area contributed by atoms with Gasteiger partial charge in [-0.15, -0.1) is 0 Å². The van der Waals surface area contributed by atoms with E-state index in [0.717, 1.165) is 5.57 Å². The van der Waals surface area contributed by atoms with Crippen LogP contribution < -0.4 is 10.1 Å². The molecule has 33 heavy (non-hydrogen) atoms. The van der Waals surface area contributed by atoms with E-state index in [1.807, 2.05) is 19.9 Å². The molecule has 1 saturated heterocycles. The van der Waals surface area contributed by atoms with Gasteiger partial charge in [0.05, 0.1) is 12.0 Å². The molecule has 10 heteroatoms. The summed E-state index contributed by atoms with van der Waals surface area (Å²) in [5.74, 6) is -0.830. The number of nitro groups is 1. The SMILES string of the molecule is COC(=O)[C@@H]1C[C@@H](C=C(C)C)CN1C(=O)[C@@H](NC(=O)Oc1ccc([N+](=O)[O-])cc1)C(C)(C)C. The van der Waals surface area contributed by atoms with Crippen LogP contribution in [0, 0.1) is 21.4 Å². The lowest BCUT2D eigenvalue weighted by atomic mass is 9.85. The summed E-state index contributed by atoms with van der Waals surface area (Å²) in [6.45, 7) is 9.60. The number of amides is 2. The van der Waals surface area contributed by atoms with Crippen molar-refractivity contribution in [2.45, 2.75) is 53.1 Å². The second-order valence-electron chi connectivity index (χ2n) is 9.35. The summed E-state index contributed by atoms with van der Waals surface area (Å²) >= 11 is 0. The Labute approximate surface area is 193 Å². The summed E-state index contributed by atoms with van der Waals surface area (Å²) in [6.07, 6.45) is 1.58. The number of carbonyl (C=O) groups is 3. The minimum Gasteiger partial charge on any atom is -0.467 e. The van der Waals surface area contributed by atoms with E-state index >= 15 is 0 Å². The number of benzene rings is 1. The lowest BCUT2D eigenvalue weighted by molar-refractivity contribution is -0.384. The molecule has 0 bridgehead atoms. The second kappa shape index (κ2) is 10.5. The van der Waals surface area contributed by atoms with E-state index < -0.39 is 40.4 Å². The Bertz CT molecular complexity index is 930. The molecule has 0 unspecified atom stereocenters. The predicted molar refractivity (Wildman–Crippen MR) is 121 cm³/mol. The number of nitrogens with one attached hydrogen (secondary N) is 1. The van der Waals surface area contributed by atoms with E-state index in [0.29, 0.717) is 13.0 Å². The first-order valence-electron chi connectivity index (χ1n) is 10.6. The van der Waals surface area contributed by atoms with Gasteiger partial charge in [-0.25, -0.2) is 9.59 Å². The van der Waals surface area contributed by atoms with Crippen LogP contribution in [0.3, 0.4) is 0 Å². The van der Waals surface area contributed by atoms with Crippen LogP contribution in [-0.2, 0) is 14.3 Å². The summed E-state index contributed by atoms with van der Waals surface area (Å²) in [5, 5.41) is 13.4. The van der Waals surface area contributed by atoms with Gasteiger partial charge in [0.15, 0.2) is 0 Å². The predicted octanol–water partition coefficient (Wildman–Crippen LogP) is 3.45. The van der Waals surface area contributed by atoms with E-state index in [1.165, 1.54) is 36.3 Å². The van der Waals surface area contributed by atoms with Crippen LogP contribution >= 0.6 is 0 Å². The highest BCUT2D eigenvalue weighted by Gasteiger charge is 2.45. The molecule has 2 rings (SSSR count).